The SMILES string of the molecule is CC[C@@H](C)NC(=O)[C@H](C)N(Cc1cccc(Br)c1)C(=O)CN(c1ccc(Cl)c(C(F)(F)F)c1)S(C)(=O)=O. The Balaban J connectivity index is 2.48. The molecule has 0 aliphatic heterocycles. The average molecular weight is 627 g/mol. The highest BCUT2D eigenvalue weighted by Gasteiger charge is 2.35. The molecule has 0 spiro atoms. The quantitative estimate of drug-likeness (QED) is 0.392. The maximum atomic E-state index is 13.5. The van der Waals surface area contributed by atoms with Gasteiger partial charge < -0.3 is 10.2 Å². The Labute approximate surface area is 228 Å². The number of nitrogens with zero attached hydrogens (tertiary/aromatic N) is 2. The van der Waals surface area contributed by atoms with Crippen molar-refractivity contribution in [1.29, 1.82) is 0 Å². The fourth-order valence-electron chi connectivity index (χ4n) is 3.38. The van der Waals surface area contributed by atoms with E-state index in [9.17, 15) is 31.2 Å². The van der Waals surface area contributed by atoms with Crippen molar-refractivity contribution < 1.29 is 31.2 Å². The highest BCUT2D eigenvalue weighted by Crippen LogP contribution is 2.37. The van der Waals surface area contributed by atoms with Crippen LogP contribution in [-0.4, -0.2) is 50.0 Å². The van der Waals surface area contributed by atoms with Gasteiger partial charge in [0.1, 0.15) is 12.6 Å². The zero-order chi connectivity index (χ0) is 28.1. The number of hydrogen-bond donors (Lipinski definition) is 1. The number of alkyl halides is 3. The van der Waals surface area contributed by atoms with E-state index in [1.807, 2.05) is 6.92 Å². The lowest BCUT2D eigenvalue weighted by atomic mass is 10.1. The molecule has 2 atom stereocenters. The van der Waals surface area contributed by atoms with Crippen LogP contribution in [-0.2, 0) is 32.3 Å². The summed E-state index contributed by atoms with van der Waals surface area (Å²) >= 11 is 9.03. The lowest BCUT2D eigenvalue weighted by molar-refractivity contribution is -0.139. The molecule has 0 saturated heterocycles. The smallest absolute Gasteiger partial charge is 0.352 e. The number of carbonyl (C=O) groups excluding carboxylic acids is 2. The number of amides is 2. The molecule has 204 valence electrons. The van der Waals surface area contributed by atoms with E-state index >= 15 is 0 Å². The molecule has 0 heterocycles. The monoisotopic (exact) mass is 625 g/mol. The summed E-state index contributed by atoms with van der Waals surface area (Å²) in [4.78, 5) is 27.6. The van der Waals surface area contributed by atoms with Crippen molar-refractivity contribution in [3.05, 3.63) is 63.1 Å². The summed E-state index contributed by atoms with van der Waals surface area (Å²) in [5, 5.41) is 2.19. The first-order valence-electron chi connectivity index (χ1n) is 11.2. The van der Waals surface area contributed by atoms with Gasteiger partial charge in [-0.1, -0.05) is 46.6 Å². The highest BCUT2D eigenvalue weighted by atomic mass is 79.9. The van der Waals surface area contributed by atoms with Crippen LogP contribution in [0, 0.1) is 0 Å². The second-order valence-electron chi connectivity index (χ2n) is 8.58. The first-order chi connectivity index (χ1) is 17.0. The summed E-state index contributed by atoms with van der Waals surface area (Å²) < 4.78 is 66.7. The summed E-state index contributed by atoms with van der Waals surface area (Å²) in [5.41, 5.74) is -0.964. The van der Waals surface area contributed by atoms with Crippen LogP contribution in [0.25, 0.3) is 0 Å². The van der Waals surface area contributed by atoms with E-state index in [4.69, 9.17) is 11.6 Å². The van der Waals surface area contributed by atoms with Gasteiger partial charge in [0.25, 0.3) is 0 Å². The number of sulfonamides is 1. The molecule has 1 N–H and O–H groups in total. The molecule has 0 saturated carbocycles. The van der Waals surface area contributed by atoms with Gasteiger partial charge in [0, 0.05) is 17.1 Å². The third kappa shape index (κ3) is 8.61. The van der Waals surface area contributed by atoms with Gasteiger partial charge in [-0.25, -0.2) is 8.42 Å². The minimum Gasteiger partial charge on any atom is -0.352 e. The van der Waals surface area contributed by atoms with E-state index in [1.54, 1.807) is 31.2 Å². The zero-order valence-electron chi connectivity index (χ0n) is 20.6. The Hall–Kier alpha value is -2.31. The summed E-state index contributed by atoms with van der Waals surface area (Å²) in [7, 11) is -4.20. The van der Waals surface area contributed by atoms with Crippen molar-refractivity contribution in [2.75, 3.05) is 17.1 Å². The Kier molecular flexibility index (Phi) is 10.4. The van der Waals surface area contributed by atoms with Crippen LogP contribution in [0.1, 0.15) is 38.3 Å². The number of carbonyl (C=O) groups is 2. The molecule has 37 heavy (non-hydrogen) atoms. The summed E-state index contributed by atoms with van der Waals surface area (Å²) in [6.07, 6.45) is -3.41. The number of halogens is 5. The van der Waals surface area contributed by atoms with Gasteiger partial charge in [-0.05, 0) is 56.2 Å². The van der Waals surface area contributed by atoms with E-state index in [1.165, 1.54) is 11.8 Å². The van der Waals surface area contributed by atoms with Gasteiger partial charge in [-0.2, -0.15) is 13.2 Å². The summed E-state index contributed by atoms with van der Waals surface area (Å²) in [5.74, 6) is -1.23. The van der Waals surface area contributed by atoms with Crippen molar-refractivity contribution >= 4 is 55.1 Å². The molecule has 0 fully saturated rings. The van der Waals surface area contributed by atoms with Crippen LogP contribution in [0.5, 0.6) is 0 Å². The number of anilines is 1. The van der Waals surface area contributed by atoms with E-state index < -0.39 is 51.2 Å². The fraction of sp³-hybridized carbons (Fsp3) is 0.417. The maximum absolute atomic E-state index is 13.5. The lowest BCUT2D eigenvalue weighted by Gasteiger charge is -2.32. The largest absolute Gasteiger partial charge is 0.417 e. The number of hydrogen-bond acceptors (Lipinski definition) is 4. The molecular formula is C24H28BrClF3N3O4S. The normalized spacial score (nSPS) is 13.5. The third-order valence-electron chi connectivity index (χ3n) is 5.63. The third-order valence-corrected chi connectivity index (χ3v) is 7.60. The molecular weight excluding hydrogens is 599 g/mol. The maximum Gasteiger partial charge on any atom is 0.417 e. The predicted molar refractivity (Wildman–Crippen MR) is 141 cm³/mol. The minimum atomic E-state index is -4.84. The zero-order valence-corrected chi connectivity index (χ0v) is 23.8. The van der Waals surface area contributed by atoms with Gasteiger partial charge in [0.05, 0.1) is 22.5 Å². The van der Waals surface area contributed by atoms with E-state index in [0.29, 0.717) is 22.4 Å². The molecule has 2 aromatic rings. The van der Waals surface area contributed by atoms with Crippen LogP contribution in [0.4, 0.5) is 18.9 Å². The first-order valence-corrected chi connectivity index (χ1v) is 14.2. The van der Waals surface area contributed by atoms with Crippen LogP contribution in [0.3, 0.4) is 0 Å². The van der Waals surface area contributed by atoms with Crippen LogP contribution < -0.4 is 9.62 Å². The fourth-order valence-corrected chi connectivity index (χ4v) is 4.89. The summed E-state index contributed by atoms with van der Waals surface area (Å²) in [6, 6.07) is 8.40. The molecule has 13 heteroatoms. The molecule has 0 aromatic heterocycles. The predicted octanol–water partition coefficient (Wildman–Crippen LogP) is 5.22. The second kappa shape index (κ2) is 12.5. The Bertz CT molecular complexity index is 1240. The topological polar surface area (TPSA) is 86.8 Å². The molecule has 2 amide bonds. The van der Waals surface area contributed by atoms with Crippen molar-refractivity contribution in [3.8, 4) is 0 Å². The first kappa shape index (κ1) is 30.9. The average Bonchev–Trinajstić information content (AvgIpc) is 2.79. The molecule has 0 bridgehead atoms. The Morgan fingerprint density at radius 2 is 1.78 bits per heavy atom. The van der Waals surface area contributed by atoms with Gasteiger partial charge in [-0.3, -0.25) is 13.9 Å². The van der Waals surface area contributed by atoms with E-state index in [2.05, 4.69) is 21.2 Å². The number of nitrogens with one attached hydrogen (secondary N) is 1. The molecule has 0 radical (unpaired) electrons. The van der Waals surface area contributed by atoms with Crippen molar-refractivity contribution in [1.82, 2.24) is 10.2 Å². The van der Waals surface area contributed by atoms with Crippen molar-refractivity contribution in [2.45, 2.75) is 52.0 Å². The van der Waals surface area contributed by atoms with Crippen LogP contribution in [0.2, 0.25) is 5.02 Å². The summed E-state index contributed by atoms with van der Waals surface area (Å²) in [6.45, 7) is 4.31. The molecule has 2 rings (SSSR count). The lowest BCUT2D eigenvalue weighted by Crippen LogP contribution is -2.52. The highest BCUT2D eigenvalue weighted by molar-refractivity contribution is 9.10. The number of rotatable bonds is 10. The van der Waals surface area contributed by atoms with E-state index in [0.717, 1.165) is 22.9 Å². The Morgan fingerprint density at radius 1 is 1.14 bits per heavy atom. The second-order valence-corrected chi connectivity index (χ2v) is 11.8. The molecule has 0 aliphatic rings. The molecule has 2 aromatic carbocycles. The molecule has 0 unspecified atom stereocenters. The molecule has 0 aliphatic carbocycles. The molecule has 7 nitrogen and oxygen atoms in total. The van der Waals surface area contributed by atoms with Crippen LogP contribution in [0.15, 0.2) is 46.9 Å². The van der Waals surface area contributed by atoms with Gasteiger partial charge in [0.2, 0.25) is 21.8 Å². The van der Waals surface area contributed by atoms with Gasteiger partial charge in [0.15, 0.2) is 0 Å². The standard InChI is InChI=1S/C24H28BrClF3N3O4S/c1-5-15(2)30-23(34)16(3)31(13-17-7-6-8-18(25)11-17)22(33)14-32(37(4,35)36)19-9-10-21(26)20(12-19)24(27,28)29/h6-12,15-16H,5,13-14H2,1-4H3,(H,30,34)/t15-,16+/m1/s1. The minimum absolute atomic E-state index is 0.0423. The van der Waals surface area contributed by atoms with Gasteiger partial charge >= 0.3 is 6.18 Å². The van der Waals surface area contributed by atoms with Gasteiger partial charge in [-0.15, -0.1) is 0 Å². The van der Waals surface area contributed by atoms with Crippen molar-refractivity contribution in [2.24, 2.45) is 0 Å². The van der Waals surface area contributed by atoms with Crippen LogP contribution >= 0.6 is 27.5 Å². The van der Waals surface area contributed by atoms with Crippen molar-refractivity contribution in [3.63, 3.8) is 0 Å². The Morgan fingerprint density at radius 3 is 2.32 bits per heavy atom. The van der Waals surface area contributed by atoms with E-state index in [-0.39, 0.29) is 18.3 Å². The number of benzene rings is 2.